The first-order valence-electron chi connectivity index (χ1n) is 4.43. The smallest absolute Gasteiger partial charge is 0.326 e. The van der Waals surface area contributed by atoms with Gasteiger partial charge in [0.25, 0.3) is 5.91 Å². The summed E-state index contributed by atoms with van der Waals surface area (Å²) in [7, 11) is 0. The summed E-state index contributed by atoms with van der Waals surface area (Å²) in [6.07, 6.45) is 1.15. The largest absolute Gasteiger partial charge is 0.480 e. The molecule has 0 aliphatic heterocycles. The van der Waals surface area contributed by atoms with E-state index in [4.69, 9.17) is 26.2 Å². The van der Waals surface area contributed by atoms with Gasteiger partial charge in [-0.2, -0.15) is 0 Å². The summed E-state index contributed by atoms with van der Waals surface area (Å²) in [6, 6.07) is 0.179. The molecule has 0 saturated heterocycles. The quantitative estimate of drug-likeness (QED) is 0.704. The molecule has 1 amide bonds. The molecule has 0 fully saturated rings. The van der Waals surface area contributed by atoms with Crippen molar-refractivity contribution >= 4 is 23.5 Å². The lowest BCUT2D eigenvalue weighted by atomic mass is 10.2. The molecule has 1 atom stereocenters. The second-order valence-corrected chi connectivity index (χ2v) is 3.33. The maximum absolute atomic E-state index is 11.5. The van der Waals surface area contributed by atoms with Crippen molar-refractivity contribution in [2.24, 2.45) is 0 Å². The molecule has 0 unspecified atom stereocenters. The Labute approximate surface area is 95.8 Å². The fourth-order valence-electron chi connectivity index (χ4n) is 1.08. The predicted molar refractivity (Wildman–Crippen MR) is 54.3 cm³/mol. The molecule has 88 valence electrons. The summed E-state index contributed by atoms with van der Waals surface area (Å²) < 4.78 is 4.70. The summed E-state index contributed by atoms with van der Waals surface area (Å²) in [5.41, 5.74) is 0.0610. The van der Waals surface area contributed by atoms with Gasteiger partial charge in [0.15, 0.2) is 0 Å². The van der Waals surface area contributed by atoms with Crippen molar-refractivity contribution in [3.8, 4) is 0 Å². The molecule has 6 nitrogen and oxygen atoms in total. The molecule has 3 N–H and O–H groups in total. The Morgan fingerprint density at radius 3 is 2.69 bits per heavy atom. The molecule has 0 aliphatic rings. The number of carboxylic acids is 1. The molecule has 16 heavy (non-hydrogen) atoms. The Balaban J connectivity index is 2.69. The Morgan fingerprint density at radius 2 is 2.25 bits per heavy atom. The Kier molecular flexibility index (Phi) is 4.33. The number of furan rings is 1. The number of carbonyl (C=O) groups is 2. The number of aliphatic hydroxyl groups is 1. The second-order valence-electron chi connectivity index (χ2n) is 2.98. The number of hydrogen-bond acceptors (Lipinski definition) is 4. The van der Waals surface area contributed by atoms with Crippen LogP contribution in [0, 0.1) is 0 Å². The summed E-state index contributed by atoms with van der Waals surface area (Å²) in [5.74, 6) is -1.87. The Bertz CT molecular complexity index is 389. The summed E-state index contributed by atoms with van der Waals surface area (Å²) >= 11 is 5.55. The molecule has 1 heterocycles. The third-order valence-corrected chi connectivity index (χ3v) is 2.18. The maximum atomic E-state index is 11.5. The molecule has 0 aliphatic carbocycles. The normalized spacial score (nSPS) is 12.1. The van der Waals surface area contributed by atoms with E-state index in [9.17, 15) is 9.59 Å². The SMILES string of the molecule is O=C(N[C@@H](CCO)C(=O)O)c1ccoc1Cl. The molecule has 1 aromatic rings. The minimum atomic E-state index is -1.22. The lowest BCUT2D eigenvalue weighted by molar-refractivity contribution is -0.139. The maximum Gasteiger partial charge on any atom is 0.326 e. The van der Waals surface area contributed by atoms with E-state index in [2.05, 4.69) is 5.32 Å². The molecule has 0 aromatic carbocycles. The molecule has 0 radical (unpaired) electrons. The van der Waals surface area contributed by atoms with Crippen molar-refractivity contribution in [2.75, 3.05) is 6.61 Å². The highest BCUT2D eigenvalue weighted by molar-refractivity contribution is 6.32. The molecular formula is C9H10ClNO5. The van der Waals surface area contributed by atoms with Crippen molar-refractivity contribution in [2.45, 2.75) is 12.5 Å². The van der Waals surface area contributed by atoms with Crippen molar-refractivity contribution in [1.29, 1.82) is 0 Å². The Hall–Kier alpha value is -1.53. The molecule has 7 heteroatoms. The fourth-order valence-corrected chi connectivity index (χ4v) is 1.28. The lowest BCUT2D eigenvalue weighted by Crippen LogP contribution is -2.41. The minimum absolute atomic E-state index is 0.0610. The molecular weight excluding hydrogens is 238 g/mol. The van der Waals surface area contributed by atoms with Crippen LogP contribution in [-0.4, -0.2) is 34.7 Å². The van der Waals surface area contributed by atoms with Gasteiger partial charge in [-0.25, -0.2) is 4.79 Å². The van der Waals surface area contributed by atoms with Gasteiger partial charge in [0.05, 0.1) is 11.8 Å². The van der Waals surface area contributed by atoms with Crippen LogP contribution in [0.3, 0.4) is 0 Å². The van der Waals surface area contributed by atoms with Gasteiger partial charge in [0, 0.05) is 13.0 Å². The third kappa shape index (κ3) is 2.98. The van der Waals surface area contributed by atoms with Crippen LogP contribution in [0.2, 0.25) is 5.22 Å². The highest BCUT2D eigenvalue weighted by Crippen LogP contribution is 2.16. The van der Waals surface area contributed by atoms with Crippen molar-refractivity contribution in [3.63, 3.8) is 0 Å². The van der Waals surface area contributed by atoms with E-state index < -0.39 is 17.9 Å². The van der Waals surface area contributed by atoms with Gasteiger partial charge >= 0.3 is 5.97 Å². The summed E-state index contributed by atoms with van der Waals surface area (Å²) in [5, 5.41) is 19.5. The van der Waals surface area contributed by atoms with Crippen LogP contribution in [0.15, 0.2) is 16.7 Å². The molecule has 0 spiro atoms. The standard InChI is InChI=1S/C9H10ClNO5/c10-7-5(2-4-16-7)8(13)11-6(1-3-12)9(14)15/h2,4,6,12H,1,3H2,(H,11,13)(H,14,15)/t6-/m0/s1. The number of halogens is 1. The molecule has 0 bridgehead atoms. The van der Waals surface area contributed by atoms with Crippen LogP contribution >= 0.6 is 11.6 Å². The third-order valence-electron chi connectivity index (χ3n) is 1.88. The van der Waals surface area contributed by atoms with Gasteiger partial charge in [-0.3, -0.25) is 4.79 Å². The van der Waals surface area contributed by atoms with E-state index in [1.165, 1.54) is 12.3 Å². The summed E-state index contributed by atoms with van der Waals surface area (Å²) in [4.78, 5) is 22.2. The highest BCUT2D eigenvalue weighted by atomic mass is 35.5. The van der Waals surface area contributed by atoms with Gasteiger partial charge in [0.1, 0.15) is 6.04 Å². The number of aliphatic hydroxyl groups excluding tert-OH is 1. The number of carboxylic acid groups (broad SMARTS) is 1. The van der Waals surface area contributed by atoms with Gasteiger partial charge in [-0.1, -0.05) is 0 Å². The topological polar surface area (TPSA) is 99.8 Å². The van der Waals surface area contributed by atoms with Crippen LogP contribution in [0.5, 0.6) is 0 Å². The number of nitrogens with one attached hydrogen (secondary N) is 1. The van der Waals surface area contributed by atoms with Crippen LogP contribution in [0.1, 0.15) is 16.8 Å². The van der Waals surface area contributed by atoms with Gasteiger partial charge in [-0.05, 0) is 17.7 Å². The zero-order chi connectivity index (χ0) is 12.1. The molecule has 0 saturated carbocycles. The zero-order valence-corrected chi connectivity index (χ0v) is 8.90. The van der Waals surface area contributed by atoms with Crippen LogP contribution in [0.4, 0.5) is 0 Å². The van der Waals surface area contributed by atoms with E-state index in [1.54, 1.807) is 0 Å². The van der Waals surface area contributed by atoms with Crippen molar-refractivity contribution < 1.29 is 24.2 Å². The highest BCUT2D eigenvalue weighted by Gasteiger charge is 2.22. The fraction of sp³-hybridized carbons (Fsp3) is 0.333. The second kappa shape index (κ2) is 5.53. The van der Waals surface area contributed by atoms with Crippen LogP contribution in [0.25, 0.3) is 0 Å². The zero-order valence-electron chi connectivity index (χ0n) is 8.14. The predicted octanol–water partition coefficient (Wildman–Crippen LogP) is 0.498. The van der Waals surface area contributed by atoms with Gasteiger partial charge < -0.3 is 19.9 Å². The molecule has 1 rings (SSSR count). The monoisotopic (exact) mass is 247 g/mol. The average molecular weight is 248 g/mol. The number of amides is 1. The van der Waals surface area contributed by atoms with Crippen molar-refractivity contribution in [1.82, 2.24) is 5.32 Å². The first-order valence-corrected chi connectivity index (χ1v) is 4.81. The van der Waals surface area contributed by atoms with E-state index in [0.29, 0.717) is 0 Å². The van der Waals surface area contributed by atoms with Crippen molar-refractivity contribution in [3.05, 3.63) is 23.1 Å². The first kappa shape index (κ1) is 12.5. The number of rotatable bonds is 5. The van der Waals surface area contributed by atoms with Crippen LogP contribution in [-0.2, 0) is 4.79 Å². The Morgan fingerprint density at radius 1 is 1.56 bits per heavy atom. The van der Waals surface area contributed by atoms with E-state index in [0.717, 1.165) is 0 Å². The van der Waals surface area contributed by atoms with Gasteiger partial charge in [0.2, 0.25) is 5.22 Å². The summed E-state index contributed by atoms with van der Waals surface area (Å²) in [6.45, 7) is -0.337. The number of carbonyl (C=O) groups excluding carboxylic acids is 1. The van der Waals surface area contributed by atoms with Crippen LogP contribution < -0.4 is 5.32 Å². The van der Waals surface area contributed by atoms with Gasteiger partial charge in [-0.15, -0.1) is 0 Å². The molecule has 1 aromatic heterocycles. The van der Waals surface area contributed by atoms with E-state index >= 15 is 0 Å². The number of aliphatic carboxylic acids is 1. The lowest BCUT2D eigenvalue weighted by Gasteiger charge is -2.12. The van der Waals surface area contributed by atoms with E-state index in [-0.39, 0.29) is 23.8 Å². The average Bonchev–Trinajstić information content (AvgIpc) is 2.63. The minimum Gasteiger partial charge on any atom is -0.480 e. The van der Waals surface area contributed by atoms with E-state index in [1.807, 2.05) is 0 Å². The first-order chi connectivity index (χ1) is 7.56. The number of hydrogen-bond donors (Lipinski definition) is 3.